The summed E-state index contributed by atoms with van der Waals surface area (Å²) < 4.78 is 12.0. The van der Waals surface area contributed by atoms with E-state index in [9.17, 15) is 9.59 Å². The van der Waals surface area contributed by atoms with Crippen LogP contribution in [0.5, 0.6) is 5.75 Å². The molecule has 1 heterocycles. The molecule has 2 aromatic rings. The minimum absolute atomic E-state index is 0.0596. The number of nitrogens with one attached hydrogen (secondary N) is 2. The van der Waals surface area contributed by atoms with Gasteiger partial charge in [0.2, 0.25) is 0 Å². The van der Waals surface area contributed by atoms with Gasteiger partial charge >= 0.3 is 0 Å². The zero-order valence-electron chi connectivity index (χ0n) is 17.9. The number of benzene rings is 2. The van der Waals surface area contributed by atoms with Gasteiger partial charge in [0, 0.05) is 18.7 Å². The van der Waals surface area contributed by atoms with Crippen molar-refractivity contribution in [1.29, 1.82) is 0 Å². The van der Waals surface area contributed by atoms with E-state index < -0.39 is 0 Å². The molecule has 7 heteroatoms. The maximum absolute atomic E-state index is 12.8. The van der Waals surface area contributed by atoms with Crippen LogP contribution in [-0.4, -0.2) is 37.7 Å². The first-order valence-corrected chi connectivity index (χ1v) is 11.5. The summed E-state index contributed by atoms with van der Waals surface area (Å²) in [4.78, 5) is 25.4. The van der Waals surface area contributed by atoms with Crippen LogP contribution >= 0.6 is 15.9 Å². The lowest BCUT2D eigenvalue weighted by molar-refractivity contribution is 0.0858. The number of rotatable bonds is 9. The maximum Gasteiger partial charge on any atom is 0.255 e. The summed E-state index contributed by atoms with van der Waals surface area (Å²) >= 11 is 3.48. The molecule has 6 nitrogen and oxygen atoms in total. The minimum atomic E-state index is -0.297. The van der Waals surface area contributed by atoms with Gasteiger partial charge in [-0.05, 0) is 71.4 Å². The SMILES string of the molecule is CC(C)CCOc1ccc(C(=O)Nc2ccccc2C(=O)NCC2CCCO2)cc1Br. The molecule has 1 unspecified atom stereocenters. The molecule has 0 saturated carbocycles. The van der Waals surface area contributed by atoms with Crippen molar-refractivity contribution in [3.63, 3.8) is 0 Å². The average Bonchev–Trinajstić information content (AvgIpc) is 3.27. The van der Waals surface area contributed by atoms with Gasteiger partial charge in [0.25, 0.3) is 11.8 Å². The summed E-state index contributed by atoms with van der Waals surface area (Å²) in [6, 6.07) is 12.2. The fourth-order valence-corrected chi connectivity index (χ4v) is 3.75. The number of ether oxygens (including phenoxy) is 2. The maximum atomic E-state index is 12.8. The fourth-order valence-electron chi connectivity index (χ4n) is 3.26. The Balaban J connectivity index is 1.63. The van der Waals surface area contributed by atoms with Crippen LogP contribution in [0, 0.1) is 5.92 Å². The number of hydrogen-bond acceptors (Lipinski definition) is 4. The molecule has 0 bridgehead atoms. The van der Waals surface area contributed by atoms with Crippen molar-refractivity contribution in [2.75, 3.05) is 25.1 Å². The van der Waals surface area contributed by atoms with Crippen molar-refractivity contribution >= 4 is 33.4 Å². The third-order valence-electron chi connectivity index (χ3n) is 5.08. The normalized spacial score (nSPS) is 15.7. The zero-order chi connectivity index (χ0) is 22.2. The van der Waals surface area contributed by atoms with E-state index >= 15 is 0 Å². The highest BCUT2D eigenvalue weighted by molar-refractivity contribution is 9.10. The van der Waals surface area contributed by atoms with Crippen LogP contribution in [-0.2, 0) is 4.74 Å². The van der Waals surface area contributed by atoms with Gasteiger partial charge < -0.3 is 20.1 Å². The predicted octanol–water partition coefficient (Wildman–Crippen LogP) is 5.04. The monoisotopic (exact) mass is 488 g/mol. The molecule has 2 N–H and O–H groups in total. The highest BCUT2D eigenvalue weighted by Gasteiger charge is 2.19. The third-order valence-corrected chi connectivity index (χ3v) is 5.70. The molecule has 1 fully saturated rings. The van der Waals surface area contributed by atoms with Crippen molar-refractivity contribution in [3.05, 3.63) is 58.1 Å². The van der Waals surface area contributed by atoms with Crippen LogP contribution in [0.1, 0.15) is 53.8 Å². The Morgan fingerprint density at radius 1 is 1.19 bits per heavy atom. The first-order chi connectivity index (χ1) is 14.9. The summed E-state index contributed by atoms with van der Waals surface area (Å²) in [7, 11) is 0. The summed E-state index contributed by atoms with van der Waals surface area (Å²) in [6.45, 7) is 6.12. The smallest absolute Gasteiger partial charge is 0.255 e. The first kappa shape index (κ1) is 23.3. The topological polar surface area (TPSA) is 76.7 Å². The lowest BCUT2D eigenvalue weighted by atomic mass is 10.1. The first-order valence-electron chi connectivity index (χ1n) is 10.7. The quantitative estimate of drug-likeness (QED) is 0.518. The molecule has 0 radical (unpaired) electrons. The van der Waals surface area contributed by atoms with E-state index in [1.165, 1.54) is 0 Å². The van der Waals surface area contributed by atoms with Crippen LogP contribution in [0.2, 0.25) is 0 Å². The number of hydrogen-bond donors (Lipinski definition) is 2. The van der Waals surface area contributed by atoms with Gasteiger partial charge in [-0.25, -0.2) is 0 Å². The second-order valence-corrected chi connectivity index (χ2v) is 8.88. The Kier molecular flexibility index (Phi) is 8.49. The van der Waals surface area contributed by atoms with Crippen LogP contribution in [0.3, 0.4) is 0 Å². The average molecular weight is 489 g/mol. The van der Waals surface area contributed by atoms with E-state index in [4.69, 9.17) is 9.47 Å². The number of para-hydroxylation sites is 1. The molecule has 3 rings (SSSR count). The zero-order valence-corrected chi connectivity index (χ0v) is 19.5. The predicted molar refractivity (Wildman–Crippen MR) is 125 cm³/mol. The number of halogens is 1. The largest absolute Gasteiger partial charge is 0.492 e. The van der Waals surface area contributed by atoms with Gasteiger partial charge in [-0.1, -0.05) is 26.0 Å². The van der Waals surface area contributed by atoms with Crippen molar-refractivity contribution in [3.8, 4) is 5.75 Å². The molecule has 1 atom stereocenters. The summed E-state index contributed by atoms with van der Waals surface area (Å²) in [5, 5.41) is 5.75. The molecule has 1 saturated heterocycles. The fraction of sp³-hybridized carbons (Fsp3) is 0.417. The Hall–Kier alpha value is -2.38. The lowest BCUT2D eigenvalue weighted by Crippen LogP contribution is -2.32. The molecule has 0 aromatic heterocycles. The van der Waals surface area contributed by atoms with Crippen molar-refractivity contribution < 1.29 is 19.1 Å². The molecular weight excluding hydrogens is 460 g/mol. The van der Waals surface area contributed by atoms with Crippen molar-refractivity contribution in [2.24, 2.45) is 5.92 Å². The van der Waals surface area contributed by atoms with Gasteiger partial charge in [0.05, 0.1) is 28.4 Å². The Bertz CT molecular complexity index is 910. The summed E-state index contributed by atoms with van der Waals surface area (Å²) in [6.07, 6.45) is 2.99. The molecule has 166 valence electrons. The van der Waals surface area contributed by atoms with E-state index in [-0.39, 0.29) is 17.9 Å². The minimum Gasteiger partial charge on any atom is -0.492 e. The Morgan fingerprint density at radius 2 is 2.00 bits per heavy atom. The summed E-state index contributed by atoms with van der Waals surface area (Å²) in [5.74, 6) is 0.730. The van der Waals surface area contributed by atoms with Crippen LogP contribution in [0.25, 0.3) is 0 Å². The molecule has 2 amide bonds. The van der Waals surface area contributed by atoms with E-state index in [1.807, 2.05) is 0 Å². The summed E-state index contributed by atoms with van der Waals surface area (Å²) in [5.41, 5.74) is 1.35. The van der Waals surface area contributed by atoms with Crippen molar-refractivity contribution in [1.82, 2.24) is 5.32 Å². The van der Waals surface area contributed by atoms with Crippen molar-refractivity contribution in [2.45, 2.75) is 39.2 Å². The number of carbonyl (C=O) groups excluding carboxylic acids is 2. The van der Waals surface area contributed by atoms with E-state index in [2.05, 4.69) is 40.4 Å². The van der Waals surface area contributed by atoms with Gasteiger partial charge in [0.1, 0.15) is 5.75 Å². The Labute approximate surface area is 191 Å². The second kappa shape index (κ2) is 11.3. The van der Waals surface area contributed by atoms with E-state index in [1.54, 1.807) is 42.5 Å². The molecule has 1 aliphatic rings. The lowest BCUT2D eigenvalue weighted by Gasteiger charge is -2.14. The van der Waals surface area contributed by atoms with Gasteiger partial charge in [-0.3, -0.25) is 9.59 Å². The second-order valence-electron chi connectivity index (χ2n) is 8.02. The standard InChI is InChI=1S/C24H29BrN2O4/c1-16(2)11-13-31-22-10-9-17(14-20(22)25)23(28)27-21-8-4-3-7-19(21)24(29)26-15-18-6-5-12-30-18/h3-4,7-10,14,16,18H,5-6,11-13,15H2,1-2H3,(H,26,29)(H,27,28). The van der Waals surface area contributed by atoms with E-state index in [0.29, 0.717) is 46.1 Å². The van der Waals surface area contributed by atoms with Crippen LogP contribution in [0.4, 0.5) is 5.69 Å². The molecule has 0 aliphatic carbocycles. The Morgan fingerprint density at radius 3 is 2.71 bits per heavy atom. The van der Waals surface area contributed by atoms with Gasteiger partial charge in [-0.15, -0.1) is 0 Å². The third kappa shape index (κ3) is 6.80. The van der Waals surface area contributed by atoms with Crippen LogP contribution in [0.15, 0.2) is 46.9 Å². The molecular formula is C24H29BrN2O4. The molecule has 2 aromatic carbocycles. The molecule has 0 spiro atoms. The highest BCUT2D eigenvalue weighted by Crippen LogP contribution is 2.27. The van der Waals surface area contributed by atoms with E-state index in [0.717, 1.165) is 25.9 Å². The highest BCUT2D eigenvalue weighted by atomic mass is 79.9. The number of anilines is 1. The molecule has 1 aliphatic heterocycles. The number of carbonyl (C=O) groups is 2. The van der Waals surface area contributed by atoms with Gasteiger partial charge in [0.15, 0.2) is 0 Å². The molecule has 31 heavy (non-hydrogen) atoms. The van der Waals surface area contributed by atoms with Gasteiger partial charge in [-0.2, -0.15) is 0 Å². The van der Waals surface area contributed by atoms with Crippen LogP contribution < -0.4 is 15.4 Å². The number of amides is 2.